The zero-order valence-electron chi connectivity index (χ0n) is 14.8. The standard InChI is InChI=1S/C20H16ClN3O3S/c1-12(19(25)22-14-6-2-5-13(21)11-14)28-20-23-17(15-7-3-9-26-15)18(24-20)16-8-4-10-27-16/h2-12H,1H3,(H,22,25)(H,23,24). The van der Waals surface area contributed by atoms with Gasteiger partial charge in [0.05, 0.1) is 17.8 Å². The number of carbonyl (C=O) groups excluding carboxylic acids is 1. The summed E-state index contributed by atoms with van der Waals surface area (Å²) in [6, 6.07) is 14.3. The lowest BCUT2D eigenvalue weighted by Gasteiger charge is -2.10. The van der Waals surface area contributed by atoms with Gasteiger partial charge in [0.25, 0.3) is 0 Å². The van der Waals surface area contributed by atoms with Gasteiger partial charge in [0, 0.05) is 10.7 Å². The highest BCUT2D eigenvalue weighted by atomic mass is 35.5. The quantitative estimate of drug-likeness (QED) is 0.396. The van der Waals surface area contributed by atoms with Crippen molar-refractivity contribution in [1.29, 1.82) is 0 Å². The van der Waals surface area contributed by atoms with E-state index < -0.39 is 0 Å². The van der Waals surface area contributed by atoms with Gasteiger partial charge in [-0.05, 0) is 49.4 Å². The van der Waals surface area contributed by atoms with Gasteiger partial charge in [-0.25, -0.2) is 4.98 Å². The number of furan rings is 2. The van der Waals surface area contributed by atoms with E-state index in [2.05, 4.69) is 15.3 Å². The van der Waals surface area contributed by atoms with Crippen LogP contribution in [0.25, 0.3) is 22.9 Å². The number of H-pyrrole nitrogens is 1. The minimum absolute atomic E-state index is 0.150. The SMILES string of the molecule is CC(Sc1nc(-c2ccco2)c(-c2ccco2)[nH]1)C(=O)Nc1cccc(Cl)c1. The van der Waals surface area contributed by atoms with E-state index in [1.165, 1.54) is 11.8 Å². The van der Waals surface area contributed by atoms with Crippen LogP contribution in [0.1, 0.15) is 6.92 Å². The van der Waals surface area contributed by atoms with Crippen molar-refractivity contribution in [3.8, 4) is 22.9 Å². The number of halogens is 1. The summed E-state index contributed by atoms with van der Waals surface area (Å²) in [5.41, 5.74) is 1.98. The van der Waals surface area contributed by atoms with Crippen molar-refractivity contribution in [3.63, 3.8) is 0 Å². The Kier molecular flexibility index (Phi) is 5.27. The molecule has 0 saturated heterocycles. The Hall–Kier alpha value is -2.90. The number of hydrogen-bond acceptors (Lipinski definition) is 5. The maximum absolute atomic E-state index is 12.5. The molecular weight excluding hydrogens is 398 g/mol. The maximum Gasteiger partial charge on any atom is 0.237 e. The lowest BCUT2D eigenvalue weighted by molar-refractivity contribution is -0.115. The molecule has 1 unspecified atom stereocenters. The predicted molar refractivity (Wildman–Crippen MR) is 109 cm³/mol. The molecule has 0 spiro atoms. The normalized spacial score (nSPS) is 12.1. The average molecular weight is 414 g/mol. The summed E-state index contributed by atoms with van der Waals surface area (Å²) >= 11 is 7.28. The molecule has 0 aliphatic carbocycles. The first-order chi connectivity index (χ1) is 13.6. The Morgan fingerprint density at radius 3 is 2.57 bits per heavy atom. The minimum atomic E-state index is -0.390. The summed E-state index contributed by atoms with van der Waals surface area (Å²) in [5, 5.41) is 3.62. The molecule has 0 fully saturated rings. The van der Waals surface area contributed by atoms with Crippen LogP contribution in [-0.4, -0.2) is 21.1 Å². The van der Waals surface area contributed by atoms with E-state index in [9.17, 15) is 4.79 Å². The second kappa shape index (κ2) is 8.00. The molecule has 3 heterocycles. The van der Waals surface area contributed by atoms with Crippen LogP contribution in [-0.2, 0) is 4.79 Å². The number of aromatic amines is 1. The molecule has 1 amide bonds. The van der Waals surface area contributed by atoms with Crippen molar-refractivity contribution < 1.29 is 13.6 Å². The van der Waals surface area contributed by atoms with Crippen LogP contribution < -0.4 is 5.32 Å². The third-order valence-electron chi connectivity index (χ3n) is 3.95. The molecular formula is C20H16ClN3O3S. The highest BCUT2D eigenvalue weighted by Gasteiger charge is 2.22. The summed E-state index contributed by atoms with van der Waals surface area (Å²) in [7, 11) is 0. The first-order valence-corrected chi connectivity index (χ1v) is 9.77. The summed E-state index contributed by atoms with van der Waals surface area (Å²) in [6.07, 6.45) is 3.18. The van der Waals surface area contributed by atoms with E-state index in [0.717, 1.165) is 0 Å². The number of imidazole rings is 1. The molecule has 2 N–H and O–H groups in total. The van der Waals surface area contributed by atoms with Crippen LogP contribution in [0, 0.1) is 0 Å². The van der Waals surface area contributed by atoms with E-state index in [0.29, 0.717) is 38.8 Å². The number of anilines is 1. The number of nitrogens with zero attached hydrogens (tertiary/aromatic N) is 1. The molecule has 28 heavy (non-hydrogen) atoms. The van der Waals surface area contributed by atoms with Crippen LogP contribution >= 0.6 is 23.4 Å². The van der Waals surface area contributed by atoms with E-state index >= 15 is 0 Å². The van der Waals surface area contributed by atoms with Crippen LogP contribution in [0.5, 0.6) is 0 Å². The third kappa shape index (κ3) is 4.00. The number of hydrogen-bond donors (Lipinski definition) is 2. The van der Waals surface area contributed by atoms with Gasteiger partial charge in [-0.2, -0.15) is 0 Å². The van der Waals surface area contributed by atoms with Crippen molar-refractivity contribution in [2.45, 2.75) is 17.3 Å². The van der Waals surface area contributed by atoms with Gasteiger partial charge in [-0.3, -0.25) is 4.79 Å². The van der Waals surface area contributed by atoms with Crippen molar-refractivity contribution in [1.82, 2.24) is 9.97 Å². The Morgan fingerprint density at radius 1 is 1.14 bits per heavy atom. The van der Waals surface area contributed by atoms with Crippen LogP contribution in [0.15, 0.2) is 75.0 Å². The van der Waals surface area contributed by atoms with Gasteiger partial charge in [-0.15, -0.1) is 0 Å². The number of thioether (sulfide) groups is 1. The van der Waals surface area contributed by atoms with Gasteiger partial charge in [0.2, 0.25) is 5.91 Å². The molecule has 4 aromatic rings. The molecule has 0 aliphatic heterocycles. The zero-order chi connectivity index (χ0) is 19.5. The van der Waals surface area contributed by atoms with Gasteiger partial charge < -0.3 is 19.1 Å². The minimum Gasteiger partial charge on any atom is -0.463 e. The number of rotatable bonds is 6. The molecule has 1 aromatic carbocycles. The molecule has 0 saturated carbocycles. The monoisotopic (exact) mass is 413 g/mol. The van der Waals surface area contributed by atoms with Gasteiger partial charge >= 0.3 is 0 Å². The van der Waals surface area contributed by atoms with Crippen molar-refractivity contribution in [3.05, 3.63) is 66.1 Å². The fourth-order valence-corrected chi connectivity index (χ4v) is 3.63. The van der Waals surface area contributed by atoms with Crippen LogP contribution in [0.4, 0.5) is 5.69 Å². The Bertz CT molecular complexity index is 1020. The Balaban J connectivity index is 1.54. The summed E-state index contributed by atoms with van der Waals surface area (Å²) in [4.78, 5) is 20.4. The molecule has 142 valence electrons. The highest BCUT2D eigenvalue weighted by Crippen LogP contribution is 2.34. The number of benzene rings is 1. The maximum atomic E-state index is 12.5. The summed E-state index contributed by atoms with van der Waals surface area (Å²) < 4.78 is 11.0. The first kappa shape index (κ1) is 18.5. The molecule has 0 radical (unpaired) electrons. The molecule has 3 aromatic heterocycles. The van der Waals surface area contributed by atoms with Crippen molar-refractivity contribution >= 4 is 35.0 Å². The molecule has 4 rings (SSSR count). The van der Waals surface area contributed by atoms with Gasteiger partial charge in [0.1, 0.15) is 11.4 Å². The first-order valence-electron chi connectivity index (χ1n) is 8.51. The molecule has 6 nitrogen and oxygen atoms in total. The topological polar surface area (TPSA) is 84.1 Å². The lowest BCUT2D eigenvalue weighted by Crippen LogP contribution is -2.22. The predicted octanol–water partition coefficient (Wildman–Crippen LogP) is 5.70. The largest absolute Gasteiger partial charge is 0.463 e. The fourth-order valence-electron chi connectivity index (χ4n) is 2.63. The summed E-state index contributed by atoms with van der Waals surface area (Å²) in [5.74, 6) is 1.11. The third-order valence-corrected chi connectivity index (χ3v) is 5.17. The zero-order valence-corrected chi connectivity index (χ0v) is 16.4. The van der Waals surface area contributed by atoms with Crippen molar-refractivity contribution in [2.24, 2.45) is 0 Å². The second-order valence-corrected chi connectivity index (χ2v) is 7.75. The number of amides is 1. The Morgan fingerprint density at radius 2 is 1.89 bits per heavy atom. The fraction of sp³-hybridized carbons (Fsp3) is 0.100. The highest BCUT2D eigenvalue weighted by molar-refractivity contribution is 8.00. The average Bonchev–Trinajstić information content (AvgIpc) is 3.42. The van der Waals surface area contributed by atoms with Gasteiger partial charge in [-0.1, -0.05) is 29.4 Å². The van der Waals surface area contributed by atoms with E-state index in [4.69, 9.17) is 20.4 Å². The van der Waals surface area contributed by atoms with E-state index in [-0.39, 0.29) is 11.2 Å². The number of nitrogens with one attached hydrogen (secondary N) is 2. The molecule has 0 bridgehead atoms. The summed E-state index contributed by atoms with van der Waals surface area (Å²) in [6.45, 7) is 1.81. The van der Waals surface area contributed by atoms with E-state index in [1.54, 1.807) is 48.9 Å². The van der Waals surface area contributed by atoms with Gasteiger partial charge in [0.15, 0.2) is 16.7 Å². The van der Waals surface area contributed by atoms with Crippen LogP contribution in [0.3, 0.4) is 0 Å². The smallest absolute Gasteiger partial charge is 0.237 e. The van der Waals surface area contributed by atoms with Crippen molar-refractivity contribution in [2.75, 3.05) is 5.32 Å². The second-order valence-electron chi connectivity index (χ2n) is 5.98. The molecule has 1 atom stereocenters. The van der Waals surface area contributed by atoms with E-state index in [1.807, 2.05) is 19.1 Å². The van der Waals surface area contributed by atoms with Crippen LogP contribution in [0.2, 0.25) is 5.02 Å². The number of carbonyl (C=O) groups is 1. The lowest BCUT2D eigenvalue weighted by atomic mass is 10.2. The molecule has 8 heteroatoms. The molecule has 0 aliphatic rings. The number of aromatic nitrogens is 2. The Labute approximate surface area is 170 Å².